The molecule has 28 heavy (non-hydrogen) atoms. The van der Waals surface area contributed by atoms with E-state index in [0.717, 1.165) is 11.1 Å². The second kappa shape index (κ2) is 8.75. The van der Waals surface area contributed by atoms with Gasteiger partial charge in [-0.1, -0.05) is 30.3 Å². The van der Waals surface area contributed by atoms with Gasteiger partial charge in [-0.05, 0) is 37.5 Å². The van der Waals surface area contributed by atoms with Crippen LogP contribution in [-0.2, 0) is 0 Å². The number of aromatic amines is 1. The Labute approximate surface area is 164 Å². The standard InChI is InChI=1S/C21H26N4O3/c1-21(27)10-12-25(13-11-21)20(26)24-19-22-14-17(16-6-4-3-5-7-16)8-9-18(28-2)15-23-19/h3-9,14-15,27H,10-13H2,1-2H3,(H2,22,23,24,26). The van der Waals surface area contributed by atoms with Crippen LogP contribution in [0.4, 0.5) is 10.7 Å². The van der Waals surface area contributed by atoms with Crippen molar-refractivity contribution in [2.45, 2.75) is 25.4 Å². The zero-order valence-corrected chi connectivity index (χ0v) is 16.2. The predicted octanol–water partition coefficient (Wildman–Crippen LogP) is 3.59. The maximum Gasteiger partial charge on any atom is 0.324 e. The number of amides is 2. The van der Waals surface area contributed by atoms with Gasteiger partial charge in [0, 0.05) is 31.0 Å². The lowest BCUT2D eigenvalue weighted by Gasteiger charge is -2.35. The van der Waals surface area contributed by atoms with Crippen LogP contribution in [0.1, 0.15) is 19.8 Å². The number of methoxy groups -OCH3 is 1. The highest BCUT2D eigenvalue weighted by Crippen LogP contribution is 2.22. The van der Waals surface area contributed by atoms with Gasteiger partial charge >= 0.3 is 6.03 Å². The van der Waals surface area contributed by atoms with E-state index in [4.69, 9.17) is 4.74 Å². The molecule has 1 aromatic carbocycles. The van der Waals surface area contributed by atoms with E-state index in [2.05, 4.69) is 15.3 Å². The van der Waals surface area contributed by atoms with Crippen LogP contribution >= 0.6 is 0 Å². The van der Waals surface area contributed by atoms with Crippen molar-refractivity contribution < 1.29 is 14.6 Å². The van der Waals surface area contributed by atoms with Crippen molar-refractivity contribution in [3.8, 4) is 16.9 Å². The van der Waals surface area contributed by atoms with E-state index in [1.807, 2.05) is 42.5 Å². The zero-order valence-electron chi connectivity index (χ0n) is 16.2. The Balaban J connectivity index is 1.86. The Morgan fingerprint density at radius 2 is 1.89 bits per heavy atom. The van der Waals surface area contributed by atoms with Crippen molar-refractivity contribution in [2.24, 2.45) is 0 Å². The minimum Gasteiger partial charge on any atom is -0.495 e. The molecule has 0 atom stereocenters. The third kappa shape index (κ3) is 5.23. The van der Waals surface area contributed by atoms with Crippen molar-refractivity contribution in [2.75, 3.05) is 25.5 Å². The first kappa shape index (κ1) is 19.7. The molecule has 7 nitrogen and oxygen atoms in total. The van der Waals surface area contributed by atoms with Crippen LogP contribution in [0.3, 0.4) is 0 Å². The fraction of sp³-hybridized carbons (Fsp3) is 0.333. The number of aliphatic hydroxyl groups is 1. The molecule has 0 aliphatic carbocycles. The third-order valence-corrected chi connectivity index (χ3v) is 4.81. The fourth-order valence-electron chi connectivity index (χ4n) is 2.94. The van der Waals surface area contributed by atoms with Crippen molar-refractivity contribution in [1.29, 1.82) is 0 Å². The van der Waals surface area contributed by atoms with Gasteiger partial charge in [0.2, 0.25) is 5.95 Å². The molecule has 0 unspecified atom stereocenters. The van der Waals surface area contributed by atoms with Gasteiger partial charge in [-0.2, -0.15) is 0 Å². The van der Waals surface area contributed by atoms with Gasteiger partial charge in [0.25, 0.3) is 0 Å². The van der Waals surface area contributed by atoms with Gasteiger partial charge in [-0.25, -0.2) is 9.78 Å². The number of anilines is 1. The summed E-state index contributed by atoms with van der Waals surface area (Å²) < 4.78 is 5.34. The van der Waals surface area contributed by atoms with Gasteiger partial charge in [0.1, 0.15) is 5.75 Å². The summed E-state index contributed by atoms with van der Waals surface area (Å²) in [7, 11) is 1.58. The first-order valence-corrected chi connectivity index (χ1v) is 9.27. The Morgan fingerprint density at radius 1 is 1.18 bits per heavy atom. The number of urea groups is 1. The number of aromatic nitrogens is 2. The van der Waals surface area contributed by atoms with Gasteiger partial charge < -0.3 is 19.7 Å². The van der Waals surface area contributed by atoms with E-state index in [-0.39, 0.29) is 6.03 Å². The molecule has 1 saturated heterocycles. The number of carbonyl (C=O) groups excluding carboxylic acids is 1. The molecule has 3 rings (SSSR count). The normalized spacial score (nSPS) is 15.5. The number of carbonyl (C=O) groups is 1. The molecule has 1 fully saturated rings. The summed E-state index contributed by atoms with van der Waals surface area (Å²) in [6.45, 7) is 2.79. The van der Waals surface area contributed by atoms with Gasteiger partial charge in [0.05, 0.1) is 12.7 Å². The van der Waals surface area contributed by atoms with Crippen LogP contribution in [0.5, 0.6) is 5.75 Å². The summed E-state index contributed by atoms with van der Waals surface area (Å²) in [5.74, 6) is 0.897. The lowest BCUT2D eigenvalue weighted by Crippen LogP contribution is -2.46. The summed E-state index contributed by atoms with van der Waals surface area (Å²) in [4.78, 5) is 21.7. The van der Waals surface area contributed by atoms with Crippen molar-refractivity contribution in [3.63, 3.8) is 0 Å². The molecule has 2 amide bonds. The predicted molar refractivity (Wildman–Crippen MR) is 109 cm³/mol. The minimum atomic E-state index is -0.709. The van der Waals surface area contributed by atoms with E-state index >= 15 is 0 Å². The zero-order chi connectivity index (χ0) is 20.0. The summed E-state index contributed by atoms with van der Waals surface area (Å²) >= 11 is 0. The SMILES string of the molecule is COc1ccc(-c2ccccc2)cnc(NC(=O)N2CCC(C)(O)CC2)[nH]c1. The molecule has 3 N–H and O–H groups in total. The molecule has 1 aliphatic heterocycles. The van der Waals surface area contributed by atoms with Crippen LogP contribution in [0.15, 0.2) is 54.9 Å². The third-order valence-electron chi connectivity index (χ3n) is 4.81. The molecule has 1 aliphatic rings. The van der Waals surface area contributed by atoms with Crippen LogP contribution in [0.2, 0.25) is 0 Å². The maximum absolute atomic E-state index is 12.6. The summed E-state index contributed by atoms with van der Waals surface area (Å²) in [5, 5.41) is 12.9. The molecule has 148 valence electrons. The summed E-state index contributed by atoms with van der Waals surface area (Å²) in [6, 6.07) is 13.3. The second-order valence-corrected chi connectivity index (χ2v) is 7.07. The van der Waals surface area contributed by atoms with Crippen LogP contribution in [0.25, 0.3) is 11.1 Å². The van der Waals surface area contributed by atoms with E-state index in [9.17, 15) is 9.90 Å². The van der Waals surface area contributed by atoms with Gasteiger partial charge in [-0.15, -0.1) is 0 Å². The number of ether oxygens (including phenoxy) is 1. The van der Waals surface area contributed by atoms with Gasteiger partial charge in [-0.3, -0.25) is 5.32 Å². The Bertz CT molecular complexity index is 853. The molecule has 2 heterocycles. The summed E-state index contributed by atoms with van der Waals surface area (Å²) in [6.07, 6.45) is 4.44. The number of rotatable bonds is 3. The first-order valence-electron chi connectivity index (χ1n) is 9.27. The molecule has 2 aromatic rings. The van der Waals surface area contributed by atoms with E-state index < -0.39 is 5.60 Å². The first-order chi connectivity index (χ1) is 13.5. The average molecular weight is 382 g/mol. The molecular weight excluding hydrogens is 356 g/mol. The number of hydrogen-bond acceptors (Lipinski definition) is 4. The Morgan fingerprint density at radius 3 is 2.57 bits per heavy atom. The molecular formula is C21H26N4O3. The number of likely N-dealkylation sites (tertiary alicyclic amines) is 1. The monoisotopic (exact) mass is 382 g/mol. The second-order valence-electron chi connectivity index (χ2n) is 7.07. The highest BCUT2D eigenvalue weighted by molar-refractivity contribution is 5.87. The fourth-order valence-corrected chi connectivity index (χ4v) is 2.94. The summed E-state index contributed by atoms with van der Waals surface area (Å²) in [5.41, 5.74) is 1.18. The van der Waals surface area contributed by atoms with E-state index in [0.29, 0.717) is 37.6 Å². The van der Waals surface area contributed by atoms with Crippen molar-refractivity contribution >= 4 is 12.0 Å². The molecule has 7 heteroatoms. The molecule has 1 aromatic heterocycles. The van der Waals surface area contributed by atoms with Crippen molar-refractivity contribution in [3.05, 3.63) is 54.9 Å². The number of nitrogens with zero attached hydrogens (tertiary/aromatic N) is 2. The highest BCUT2D eigenvalue weighted by atomic mass is 16.5. The Hall–Kier alpha value is -3.06. The topological polar surface area (TPSA) is 90.5 Å². The lowest BCUT2D eigenvalue weighted by molar-refractivity contribution is 0.00569. The number of H-pyrrole nitrogens is 1. The number of nitrogens with one attached hydrogen (secondary N) is 2. The molecule has 0 radical (unpaired) electrons. The molecule has 0 spiro atoms. The smallest absolute Gasteiger partial charge is 0.324 e. The van der Waals surface area contributed by atoms with E-state index in [1.54, 1.807) is 31.3 Å². The van der Waals surface area contributed by atoms with Gasteiger partial charge in [0.15, 0.2) is 0 Å². The van der Waals surface area contributed by atoms with Crippen LogP contribution < -0.4 is 10.1 Å². The van der Waals surface area contributed by atoms with Crippen molar-refractivity contribution in [1.82, 2.24) is 14.9 Å². The number of piperidine rings is 1. The van der Waals surface area contributed by atoms with E-state index in [1.165, 1.54) is 0 Å². The van der Waals surface area contributed by atoms with Crippen LogP contribution in [0, 0.1) is 0 Å². The average Bonchev–Trinajstić information content (AvgIpc) is 2.79. The quantitative estimate of drug-likeness (QED) is 0.757. The largest absolute Gasteiger partial charge is 0.495 e. The van der Waals surface area contributed by atoms with Crippen LogP contribution in [-0.4, -0.2) is 51.8 Å². The lowest BCUT2D eigenvalue weighted by atomic mass is 9.94. The molecule has 0 bridgehead atoms. The highest BCUT2D eigenvalue weighted by Gasteiger charge is 2.29. The Kier molecular flexibility index (Phi) is 6.16. The number of benzene rings is 1. The maximum atomic E-state index is 12.6. The molecule has 0 saturated carbocycles. The minimum absolute atomic E-state index is 0.254. The number of hydrogen-bond donors (Lipinski definition) is 3.